The molecule has 36 heavy (non-hydrogen) atoms. The van der Waals surface area contributed by atoms with Crippen LogP contribution < -0.4 is 16.0 Å². The van der Waals surface area contributed by atoms with Crippen molar-refractivity contribution in [2.75, 3.05) is 16.0 Å². The monoisotopic (exact) mass is 473 g/mol. The van der Waals surface area contributed by atoms with Crippen LogP contribution in [0.4, 0.5) is 32.8 Å². The van der Waals surface area contributed by atoms with Crippen LogP contribution >= 0.6 is 0 Å². The Bertz CT molecular complexity index is 1610. The minimum atomic E-state index is -0.685. The van der Waals surface area contributed by atoms with Gasteiger partial charge in [-0.15, -0.1) is 0 Å². The second kappa shape index (κ2) is 9.95. The summed E-state index contributed by atoms with van der Waals surface area (Å²) in [4.78, 5) is 17.3. The molecule has 0 saturated carbocycles. The van der Waals surface area contributed by atoms with Crippen molar-refractivity contribution in [2.24, 2.45) is 0 Å². The summed E-state index contributed by atoms with van der Waals surface area (Å²) < 4.78 is 15.4. The van der Waals surface area contributed by atoms with Gasteiger partial charge in [-0.25, -0.2) is 4.39 Å². The molecule has 1 heterocycles. The first-order valence-electron chi connectivity index (χ1n) is 11.2. The van der Waals surface area contributed by atoms with E-state index in [4.69, 9.17) is 0 Å². The summed E-state index contributed by atoms with van der Waals surface area (Å²) in [6.45, 7) is 0. The zero-order valence-electron chi connectivity index (χ0n) is 19.0. The van der Waals surface area contributed by atoms with E-state index in [1.807, 2.05) is 36.4 Å². The maximum atomic E-state index is 15.4. The molecular formula is C29H20FN5O. The number of fused-ring (bicyclic) bond motifs is 1. The molecule has 0 saturated heterocycles. The summed E-state index contributed by atoms with van der Waals surface area (Å²) in [5.41, 5.74) is 3.98. The number of nitriles is 1. The van der Waals surface area contributed by atoms with Gasteiger partial charge in [0, 0.05) is 34.3 Å². The molecule has 5 rings (SSSR count). The number of halogens is 1. The Hall–Kier alpha value is -5.22. The predicted molar refractivity (Wildman–Crippen MR) is 140 cm³/mol. The average molecular weight is 474 g/mol. The number of amides is 1. The lowest BCUT2D eigenvalue weighted by molar-refractivity contribution is 0.102. The fourth-order valence-corrected chi connectivity index (χ4v) is 3.84. The molecule has 7 heteroatoms. The fourth-order valence-electron chi connectivity index (χ4n) is 3.84. The zero-order valence-corrected chi connectivity index (χ0v) is 19.0. The van der Waals surface area contributed by atoms with E-state index in [9.17, 15) is 10.1 Å². The number of nitrogens with one attached hydrogen (secondary N) is 3. The molecule has 0 radical (unpaired) electrons. The number of benzene rings is 4. The van der Waals surface area contributed by atoms with Crippen LogP contribution in [-0.4, -0.2) is 10.9 Å². The maximum Gasteiger partial charge on any atom is 0.258 e. The van der Waals surface area contributed by atoms with E-state index in [1.165, 1.54) is 6.07 Å². The molecule has 6 nitrogen and oxygen atoms in total. The van der Waals surface area contributed by atoms with Crippen molar-refractivity contribution >= 4 is 45.2 Å². The summed E-state index contributed by atoms with van der Waals surface area (Å²) in [6.07, 6.45) is 1.60. The number of hydrogen-bond acceptors (Lipinski definition) is 5. The second-order valence-electron chi connectivity index (χ2n) is 8.02. The SMILES string of the molecule is N#Cc1ccc2nccc(Nc3cccc(C(=O)Nc4cccc(Nc5ccccc5)c4)c3F)c2c1. The third-order valence-electron chi connectivity index (χ3n) is 5.57. The molecule has 1 amide bonds. The quantitative estimate of drug-likeness (QED) is 0.247. The Morgan fingerprint density at radius 1 is 0.778 bits per heavy atom. The first-order chi connectivity index (χ1) is 17.6. The Balaban J connectivity index is 1.38. The molecule has 0 unspecified atom stereocenters. The highest BCUT2D eigenvalue weighted by atomic mass is 19.1. The van der Waals surface area contributed by atoms with E-state index in [2.05, 4.69) is 27.0 Å². The smallest absolute Gasteiger partial charge is 0.258 e. The Labute approximate surface area is 207 Å². The van der Waals surface area contributed by atoms with E-state index in [0.717, 1.165) is 11.4 Å². The zero-order chi connectivity index (χ0) is 24.9. The number of pyridine rings is 1. The topological polar surface area (TPSA) is 89.8 Å². The van der Waals surface area contributed by atoms with Crippen LogP contribution in [0.2, 0.25) is 0 Å². The lowest BCUT2D eigenvalue weighted by Crippen LogP contribution is -2.14. The summed E-state index contributed by atoms with van der Waals surface area (Å²) in [6, 6.07) is 30.3. The first-order valence-corrected chi connectivity index (χ1v) is 11.2. The van der Waals surface area contributed by atoms with Gasteiger partial charge in [-0.1, -0.05) is 30.3 Å². The van der Waals surface area contributed by atoms with Crippen molar-refractivity contribution in [3.8, 4) is 6.07 Å². The largest absolute Gasteiger partial charge is 0.355 e. The van der Waals surface area contributed by atoms with Crippen LogP contribution in [0.15, 0.2) is 103 Å². The van der Waals surface area contributed by atoms with E-state index >= 15 is 4.39 Å². The van der Waals surface area contributed by atoms with Gasteiger partial charge in [0.05, 0.1) is 28.4 Å². The molecule has 0 atom stereocenters. The molecule has 0 fully saturated rings. The van der Waals surface area contributed by atoms with E-state index in [1.54, 1.807) is 60.8 Å². The van der Waals surface area contributed by atoms with Gasteiger partial charge in [0.2, 0.25) is 0 Å². The van der Waals surface area contributed by atoms with Gasteiger partial charge in [-0.2, -0.15) is 5.26 Å². The summed E-state index contributed by atoms with van der Waals surface area (Å²) >= 11 is 0. The highest BCUT2D eigenvalue weighted by Gasteiger charge is 2.16. The van der Waals surface area contributed by atoms with Gasteiger partial charge in [0.25, 0.3) is 5.91 Å². The van der Waals surface area contributed by atoms with Crippen molar-refractivity contribution in [1.82, 2.24) is 4.98 Å². The summed E-state index contributed by atoms with van der Waals surface area (Å²) in [5, 5.41) is 19.0. The highest BCUT2D eigenvalue weighted by Crippen LogP contribution is 2.29. The van der Waals surface area contributed by atoms with Crippen LogP contribution in [0.25, 0.3) is 10.9 Å². The van der Waals surface area contributed by atoms with Crippen molar-refractivity contribution in [3.05, 3.63) is 120 Å². The minimum absolute atomic E-state index is 0.0995. The molecule has 4 aromatic carbocycles. The average Bonchev–Trinajstić information content (AvgIpc) is 2.90. The Morgan fingerprint density at radius 2 is 1.56 bits per heavy atom. The summed E-state index contributed by atoms with van der Waals surface area (Å²) in [5.74, 6) is -1.26. The number of para-hydroxylation sites is 1. The molecule has 0 bridgehead atoms. The van der Waals surface area contributed by atoms with Crippen LogP contribution in [0.1, 0.15) is 15.9 Å². The molecule has 0 aliphatic heterocycles. The third kappa shape index (κ3) is 4.83. The number of hydrogen-bond donors (Lipinski definition) is 3. The van der Waals surface area contributed by atoms with Crippen LogP contribution in [0, 0.1) is 17.1 Å². The van der Waals surface area contributed by atoms with E-state index in [-0.39, 0.29) is 11.3 Å². The van der Waals surface area contributed by atoms with Crippen LogP contribution in [0.3, 0.4) is 0 Å². The van der Waals surface area contributed by atoms with Gasteiger partial charge < -0.3 is 16.0 Å². The number of aromatic nitrogens is 1. The number of anilines is 5. The van der Waals surface area contributed by atoms with Crippen molar-refractivity contribution in [3.63, 3.8) is 0 Å². The lowest BCUT2D eigenvalue weighted by atomic mass is 10.1. The number of carbonyl (C=O) groups excluding carboxylic acids is 1. The number of nitrogens with zero attached hydrogens (tertiary/aromatic N) is 2. The minimum Gasteiger partial charge on any atom is -0.355 e. The molecule has 0 aliphatic rings. The molecule has 0 spiro atoms. The van der Waals surface area contributed by atoms with Crippen LogP contribution in [0.5, 0.6) is 0 Å². The number of rotatable bonds is 6. The Morgan fingerprint density at radius 3 is 2.39 bits per heavy atom. The van der Waals surface area contributed by atoms with Gasteiger partial charge in [0.1, 0.15) is 0 Å². The van der Waals surface area contributed by atoms with E-state index < -0.39 is 11.7 Å². The standard InChI is InChI=1S/C29H20FN5O/c30-28-23(29(36)34-22-9-4-8-21(17-22)33-20-6-2-1-3-7-20)10-5-11-27(28)35-26-14-15-32-25-13-12-19(18-31)16-24(25)26/h1-17,33H,(H,32,35)(H,34,36). The van der Waals surface area contributed by atoms with Crippen LogP contribution in [-0.2, 0) is 0 Å². The fraction of sp³-hybridized carbons (Fsp3) is 0. The number of carbonyl (C=O) groups is 1. The van der Waals surface area contributed by atoms with Crippen molar-refractivity contribution in [1.29, 1.82) is 5.26 Å². The molecule has 1 aromatic heterocycles. The Kier molecular flexibility index (Phi) is 6.24. The van der Waals surface area contributed by atoms with Gasteiger partial charge in [-0.3, -0.25) is 9.78 Å². The van der Waals surface area contributed by atoms with Crippen molar-refractivity contribution < 1.29 is 9.18 Å². The molecule has 174 valence electrons. The molecular weight excluding hydrogens is 453 g/mol. The lowest BCUT2D eigenvalue weighted by Gasteiger charge is -2.13. The van der Waals surface area contributed by atoms with Gasteiger partial charge in [-0.05, 0) is 66.7 Å². The maximum absolute atomic E-state index is 15.4. The highest BCUT2D eigenvalue weighted by molar-refractivity contribution is 6.05. The summed E-state index contributed by atoms with van der Waals surface area (Å²) in [7, 11) is 0. The van der Waals surface area contributed by atoms with Gasteiger partial charge in [0.15, 0.2) is 5.82 Å². The normalized spacial score (nSPS) is 10.4. The molecule has 5 aromatic rings. The van der Waals surface area contributed by atoms with E-state index in [0.29, 0.717) is 27.8 Å². The predicted octanol–water partition coefficient (Wildman–Crippen LogP) is 6.99. The third-order valence-corrected chi connectivity index (χ3v) is 5.57. The van der Waals surface area contributed by atoms with Gasteiger partial charge >= 0.3 is 0 Å². The second-order valence-corrected chi connectivity index (χ2v) is 8.02. The first kappa shape index (κ1) is 22.6. The molecule has 0 aliphatic carbocycles. The van der Waals surface area contributed by atoms with Crippen molar-refractivity contribution in [2.45, 2.75) is 0 Å². The molecule has 3 N–H and O–H groups in total.